The van der Waals surface area contributed by atoms with Crippen molar-refractivity contribution in [3.8, 4) is 0 Å². The molecule has 0 aliphatic heterocycles. The van der Waals surface area contributed by atoms with Crippen molar-refractivity contribution in [2.75, 3.05) is 13.2 Å². The molecule has 0 bridgehead atoms. The molecule has 0 saturated heterocycles. The van der Waals surface area contributed by atoms with E-state index in [1.807, 2.05) is 13.8 Å². The Hall–Kier alpha value is -0.920. The summed E-state index contributed by atoms with van der Waals surface area (Å²) in [6, 6.07) is 3.30. The van der Waals surface area contributed by atoms with E-state index >= 15 is 0 Å². The summed E-state index contributed by atoms with van der Waals surface area (Å²) in [6.45, 7) is 3.96. The quantitative estimate of drug-likeness (QED) is 0.705. The predicted molar refractivity (Wildman–Crippen MR) is 66.5 cm³/mol. The first-order valence-electron chi connectivity index (χ1n) is 5.83. The summed E-state index contributed by atoms with van der Waals surface area (Å²) in [7, 11) is -3.66. The van der Waals surface area contributed by atoms with E-state index in [0.717, 1.165) is 0 Å². The Morgan fingerprint density at radius 2 is 2.11 bits per heavy atom. The highest BCUT2D eigenvalue weighted by molar-refractivity contribution is 7.89. The minimum absolute atomic E-state index is 0.0686. The summed E-state index contributed by atoms with van der Waals surface area (Å²) in [5.41, 5.74) is 0. The maximum atomic E-state index is 11.9. The second-order valence-corrected chi connectivity index (χ2v) is 5.89. The number of hydrogen-bond donors (Lipinski definition) is 2. The third kappa shape index (κ3) is 4.75. The molecule has 0 aliphatic carbocycles. The fourth-order valence-corrected chi connectivity index (χ4v) is 2.27. The van der Waals surface area contributed by atoms with Gasteiger partial charge in [0.2, 0.25) is 5.09 Å². The molecule has 104 valence electrons. The lowest BCUT2D eigenvalue weighted by molar-refractivity contribution is 0.392. The van der Waals surface area contributed by atoms with Crippen molar-refractivity contribution < 1.29 is 17.2 Å². The average Bonchev–Trinajstić information content (AvgIpc) is 2.76. The van der Waals surface area contributed by atoms with Crippen molar-refractivity contribution in [1.82, 2.24) is 10.0 Å². The van der Waals surface area contributed by atoms with Crippen LogP contribution in [0.15, 0.2) is 21.6 Å². The van der Waals surface area contributed by atoms with Crippen molar-refractivity contribution >= 4 is 10.0 Å². The molecule has 7 heteroatoms. The molecule has 2 N–H and O–H groups in total. The van der Waals surface area contributed by atoms with Gasteiger partial charge in [0.1, 0.15) is 5.76 Å². The highest BCUT2D eigenvalue weighted by Crippen LogP contribution is 2.13. The van der Waals surface area contributed by atoms with Crippen LogP contribution in [0.25, 0.3) is 0 Å². The molecule has 1 aromatic rings. The van der Waals surface area contributed by atoms with Crippen LogP contribution in [-0.2, 0) is 16.6 Å². The number of halogens is 1. The lowest BCUT2D eigenvalue weighted by Crippen LogP contribution is -2.24. The summed E-state index contributed by atoms with van der Waals surface area (Å²) in [5, 5.41) is 2.98. The van der Waals surface area contributed by atoms with Gasteiger partial charge in [-0.25, -0.2) is 13.1 Å². The molecule has 0 fully saturated rings. The van der Waals surface area contributed by atoms with Crippen LogP contribution >= 0.6 is 0 Å². The number of sulfonamides is 1. The van der Waals surface area contributed by atoms with E-state index in [0.29, 0.717) is 12.3 Å². The SMILES string of the molecule is CC(C)NCc1ccc(S(=O)(=O)NCCCF)o1. The van der Waals surface area contributed by atoms with E-state index in [4.69, 9.17) is 4.42 Å². The fraction of sp³-hybridized carbons (Fsp3) is 0.636. The topological polar surface area (TPSA) is 71.3 Å². The third-order valence-electron chi connectivity index (χ3n) is 2.19. The van der Waals surface area contributed by atoms with Gasteiger partial charge in [0.15, 0.2) is 0 Å². The molecule has 0 saturated carbocycles. The molecule has 18 heavy (non-hydrogen) atoms. The van der Waals surface area contributed by atoms with Crippen LogP contribution in [-0.4, -0.2) is 27.7 Å². The number of alkyl halides is 1. The van der Waals surface area contributed by atoms with E-state index in [-0.39, 0.29) is 24.1 Å². The van der Waals surface area contributed by atoms with Crippen molar-refractivity contribution in [1.29, 1.82) is 0 Å². The Bertz CT molecular complexity index is 457. The van der Waals surface area contributed by atoms with Crippen LogP contribution in [0.2, 0.25) is 0 Å². The van der Waals surface area contributed by atoms with Crippen LogP contribution < -0.4 is 10.0 Å². The highest BCUT2D eigenvalue weighted by atomic mass is 32.2. The van der Waals surface area contributed by atoms with Gasteiger partial charge >= 0.3 is 0 Å². The molecule has 0 aliphatic rings. The van der Waals surface area contributed by atoms with E-state index in [1.165, 1.54) is 6.07 Å². The summed E-state index contributed by atoms with van der Waals surface area (Å²) in [6.07, 6.45) is 0.154. The lowest BCUT2D eigenvalue weighted by atomic mass is 10.3. The first kappa shape index (κ1) is 15.1. The second-order valence-electron chi connectivity index (χ2n) is 4.20. The number of hydrogen-bond acceptors (Lipinski definition) is 4. The van der Waals surface area contributed by atoms with E-state index in [9.17, 15) is 12.8 Å². The summed E-state index contributed by atoms with van der Waals surface area (Å²) >= 11 is 0. The standard InChI is InChI=1S/C11H19FN2O3S/c1-9(2)13-8-10-4-5-11(17-10)18(15,16)14-7-3-6-12/h4-5,9,13-14H,3,6-8H2,1-2H3. The number of nitrogens with one attached hydrogen (secondary N) is 2. The van der Waals surface area contributed by atoms with Crippen molar-refractivity contribution in [3.63, 3.8) is 0 Å². The van der Waals surface area contributed by atoms with Crippen molar-refractivity contribution in [3.05, 3.63) is 17.9 Å². The molecule has 0 atom stereocenters. The molecule has 1 heterocycles. The normalized spacial score (nSPS) is 12.2. The Morgan fingerprint density at radius 3 is 2.72 bits per heavy atom. The minimum atomic E-state index is -3.66. The van der Waals surface area contributed by atoms with Crippen LogP contribution in [0.5, 0.6) is 0 Å². The van der Waals surface area contributed by atoms with Gasteiger partial charge < -0.3 is 9.73 Å². The molecule has 0 spiro atoms. The van der Waals surface area contributed by atoms with Crippen LogP contribution in [0, 0.1) is 0 Å². The van der Waals surface area contributed by atoms with Gasteiger partial charge in [-0.1, -0.05) is 13.8 Å². The summed E-state index contributed by atoms with van der Waals surface area (Å²) in [4.78, 5) is 0. The zero-order valence-electron chi connectivity index (χ0n) is 10.6. The average molecular weight is 278 g/mol. The molecule has 0 radical (unpaired) electrons. The van der Waals surface area contributed by atoms with E-state index in [1.54, 1.807) is 6.07 Å². The van der Waals surface area contributed by atoms with Crippen LogP contribution in [0.1, 0.15) is 26.0 Å². The molecule has 5 nitrogen and oxygen atoms in total. The van der Waals surface area contributed by atoms with Crippen molar-refractivity contribution in [2.45, 2.75) is 37.9 Å². The molecule has 0 aromatic carbocycles. The molecular formula is C11H19FN2O3S. The van der Waals surface area contributed by atoms with Gasteiger partial charge in [-0.15, -0.1) is 0 Å². The maximum absolute atomic E-state index is 11.9. The van der Waals surface area contributed by atoms with Gasteiger partial charge in [-0.05, 0) is 18.6 Å². The molecular weight excluding hydrogens is 259 g/mol. The van der Waals surface area contributed by atoms with Crippen LogP contribution in [0.4, 0.5) is 4.39 Å². The van der Waals surface area contributed by atoms with Gasteiger partial charge in [0, 0.05) is 12.6 Å². The number of furan rings is 1. The minimum Gasteiger partial charge on any atom is -0.447 e. The molecule has 1 rings (SSSR count). The lowest BCUT2D eigenvalue weighted by Gasteiger charge is -2.05. The maximum Gasteiger partial charge on any atom is 0.273 e. The summed E-state index contributed by atoms with van der Waals surface area (Å²) in [5.74, 6) is 0.551. The first-order chi connectivity index (χ1) is 8.45. The third-order valence-corrected chi connectivity index (χ3v) is 3.52. The highest BCUT2D eigenvalue weighted by Gasteiger charge is 2.17. The predicted octanol–water partition coefficient (Wildman–Crippen LogP) is 1.42. The van der Waals surface area contributed by atoms with Gasteiger partial charge in [0.25, 0.3) is 10.0 Å². The van der Waals surface area contributed by atoms with Gasteiger partial charge in [-0.3, -0.25) is 4.39 Å². The smallest absolute Gasteiger partial charge is 0.273 e. The number of rotatable bonds is 8. The zero-order valence-corrected chi connectivity index (χ0v) is 11.4. The first-order valence-corrected chi connectivity index (χ1v) is 7.31. The van der Waals surface area contributed by atoms with Crippen molar-refractivity contribution in [2.24, 2.45) is 0 Å². The zero-order chi connectivity index (χ0) is 13.6. The fourth-order valence-electron chi connectivity index (χ4n) is 1.25. The van der Waals surface area contributed by atoms with E-state index < -0.39 is 16.7 Å². The Balaban J connectivity index is 2.60. The van der Waals surface area contributed by atoms with Gasteiger partial charge in [0.05, 0.1) is 13.2 Å². The second kappa shape index (κ2) is 6.86. The molecule has 0 unspecified atom stereocenters. The van der Waals surface area contributed by atoms with Gasteiger partial charge in [-0.2, -0.15) is 0 Å². The molecule has 0 amide bonds. The molecule has 1 aromatic heterocycles. The summed E-state index contributed by atoms with van der Waals surface area (Å²) < 4.78 is 42.8. The largest absolute Gasteiger partial charge is 0.447 e. The Labute approximate surface area is 107 Å². The van der Waals surface area contributed by atoms with Crippen LogP contribution in [0.3, 0.4) is 0 Å². The van der Waals surface area contributed by atoms with E-state index in [2.05, 4.69) is 10.0 Å². The monoisotopic (exact) mass is 278 g/mol. The Morgan fingerprint density at radius 1 is 1.39 bits per heavy atom. The Kier molecular flexibility index (Phi) is 5.77.